The van der Waals surface area contributed by atoms with E-state index in [1.807, 2.05) is 4.68 Å². The van der Waals surface area contributed by atoms with E-state index in [9.17, 15) is 0 Å². The topological polar surface area (TPSA) is 65.3 Å². The van der Waals surface area contributed by atoms with Gasteiger partial charge < -0.3 is 9.47 Å². The Morgan fingerprint density at radius 3 is 3.00 bits per heavy atom. The van der Waals surface area contributed by atoms with Crippen LogP contribution in [-0.4, -0.2) is 65.1 Å². The van der Waals surface area contributed by atoms with E-state index >= 15 is 0 Å². The van der Waals surface area contributed by atoms with E-state index in [4.69, 9.17) is 9.47 Å². The first kappa shape index (κ1) is 14.6. The highest BCUT2D eigenvalue weighted by Crippen LogP contribution is 2.30. The van der Waals surface area contributed by atoms with Crippen molar-refractivity contribution in [3.8, 4) is 0 Å². The van der Waals surface area contributed by atoms with Gasteiger partial charge in [-0.05, 0) is 21.9 Å². The molecule has 1 aliphatic rings. The summed E-state index contributed by atoms with van der Waals surface area (Å²) in [4.78, 5) is 3.63. The lowest BCUT2D eigenvalue weighted by Gasteiger charge is -2.33. The molecule has 7 nitrogen and oxygen atoms in total. The van der Waals surface area contributed by atoms with Gasteiger partial charge in [0.2, 0.25) is 0 Å². The Hall–Kier alpha value is -1.35. The molecule has 2 aromatic heterocycles. The summed E-state index contributed by atoms with van der Waals surface area (Å²) in [5.74, 6) is 0.872. The lowest BCUT2D eigenvalue weighted by Crippen LogP contribution is -2.40. The Balaban J connectivity index is 1.89. The molecule has 0 spiro atoms. The van der Waals surface area contributed by atoms with E-state index in [0.29, 0.717) is 13.2 Å². The minimum absolute atomic E-state index is 0.0840. The fraction of sp³-hybridized carbons (Fsp3) is 0.615. The van der Waals surface area contributed by atoms with Gasteiger partial charge in [-0.25, -0.2) is 4.68 Å². The predicted octanol–water partition coefficient (Wildman–Crippen LogP) is 0.803. The second-order valence-corrected chi connectivity index (χ2v) is 5.80. The van der Waals surface area contributed by atoms with Crippen molar-refractivity contribution in [1.29, 1.82) is 0 Å². The molecule has 1 fully saturated rings. The standard InChI is InChI=1S/C13H19N5O2S/c1-19-7-6-18-13(14-15-16-18)12(11-3-2-10-21-11)17-4-8-20-9-5-17/h2-3,10,12H,4-9H2,1H3. The highest BCUT2D eigenvalue weighted by Gasteiger charge is 2.29. The van der Waals surface area contributed by atoms with Crippen LogP contribution in [0.1, 0.15) is 16.7 Å². The summed E-state index contributed by atoms with van der Waals surface area (Å²) in [6.45, 7) is 4.53. The number of aromatic nitrogens is 4. The van der Waals surface area contributed by atoms with Gasteiger partial charge in [0.1, 0.15) is 6.04 Å². The molecule has 0 bridgehead atoms. The Kier molecular flexibility index (Phi) is 4.91. The fourth-order valence-corrected chi connectivity index (χ4v) is 3.35. The van der Waals surface area contributed by atoms with Crippen molar-refractivity contribution in [1.82, 2.24) is 25.1 Å². The number of tetrazole rings is 1. The first-order valence-electron chi connectivity index (χ1n) is 7.00. The van der Waals surface area contributed by atoms with Crippen molar-refractivity contribution in [2.75, 3.05) is 40.0 Å². The molecular weight excluding hydrogens is 290 g/mol. The normalized spacial score (nSPS) is 18.0. The van der Waals surface area contributed by atoms with Crippen LogP contribution in [0.4, 0.5) is 0 Å². The van der Waals surface area contributed by atoms with Gasteiger partial charge in [0.15, 0.2) is 5.82 Å². The molecule has 1 unspecified atom stereocenters. The van der Waals surface area contributed by atoms with Crippen LogP contribution in [-0.2, 0) is 16.0 Å². The van der Waals surface area contributed by atoms with Gasteiger partial charge in [-0.1, -0.05) is 6.07 Å². The van der Waals surface area contributed by atoms with Crippen molar-refractivity contribution in [2.45, 2.75) is 12.6 Å². The van der Waals surface area contributed by atoms with E-state index in [-0.39, 0.29) is 6.04 Å². The van der Waals surface area contributed by atoms with Crippen molar-refractivity contribution in [3.63, 3.8) is 0 Å². The van der Waals surface area contributed by atoms with E-state index in [2.05, 4.69) is 37.9 Å². The zero-order valence-corrected chi connectivity index (χ0v) is 12.8. The smallest absolute Gasteiger partial charge is 0.173 e. The first-order valence-corrected chi connectivity index (χ1v) is 7.88. The molecule has 0 N–H and O–H groups in total. The maximum atomic E-state index is 5.46. The molecule has 0 radical (unpaired) electrons. The summed E-state index contributed by atoms with van der Waals surface area (Å²) in [5.41, 5.74) is 0. The second-order valence-electron chi connectivity index (χ2n) is 4.82. The summed E-state index contributed by atoms with van der Waals surface area (Å²) >= 11 is 1.73. The van der Waals surface area contributed by atoms with Gasteiger partial charge in [-0.2, -0.15) is 0 Å². The quantitative estimate of drug-likeness (QED) is 0.786. The maximum Gasteiger partial charge on any atom is 0.173 e. The predicted molar refractivity (Wildman–Crippen MR) is 78.2 cm³/mol. The third-order valence-corrected chi connectivity index (χ3v) is 4.46. The van der Waals surface area contributed by atoms with Gasteiger partial charge >= 0.3 is 0 Å². The van der Waals surface area contributed by atoms with Gasteiger partial charge in [-0.3, -0.25) is 4.90 Å². The number of ether oxygens (including phenoxy) is 2. The third kappa shape index (κ3) is 3.29. The Bertz CT molecular complexity index is 539. The molecule has 0 saturated carbocycles. The second kappa shape index (κ2) is 7.08. The van der Waals surface area contributed by atoms with Crippen LogP contribution in [0.15, 0.2) is 17.5 Å². The highest BCUT2D eigenvalue weighted by molar-refractivity contribution is 7.10. The van der Waals surface area contributed by atoms with Crippen LogP contribution in [0.3, 0.4) is 0 Å². The molecule has 8 heteroatoms. The first-order chi connectivity index (χ1) is 10.4. The van der Waals surface area contributed by atoms with Crippen LogP contribution in [0.5, 0.6) is 0 Å². The molecule has 2 aromatic rings. The van der Waals surface area contributed by atoms with Crippen LogP contribution in [0.2, 0.25) is 0 Å². The van der Waals surface area contributed by atoms with Crippen molar-refractivity contribution < 1.29 is 9.47 Å². The third-order valence-electron chi connectivity index (χ3n) is 3.53. The minimum Gasteiger partial charge on any atom is -0.383 e. The summed E-state index contributed by atoms with van der Waals surface area (Å²) in [6, 6.07) is 4.29. The molecule has 0 aromatic carbocycles. The van der Waals surface area contributed by atoms with Gasteiger partial charge in [-0.15, -0.1) is 16.4 Å². The molecule has 21 heavy (non-hydrogen) atoms. The molecule has 0 aliphatic carbocycles. The molecule has 114 valence electrons. The van der Waals surface area contributed by atoms with Crippen molar-refractivity contribution >= 4 is 11.3 Å². The zero-order chi connectivity index (χ0) is 14.5. The Morgan fingerprint density at radius 1 is 1.43 bits per heavy atom. The molecular formula is C13H19N5O2S. The average Bonchev–Trinajstić information content (AvgIpc) is 3.19. The maximum absolute atomic E-state index is 5.46. The average molecular weight is 309 g/mol. The number of thiophene rings is 1. The Labute approximate surface area is 127 Å². The van der Waals surface area contributed by atoms with Crippen molar-refractivity contribution in [3.05, 3.63) is 28.2 Å². The number of hydrogen-bond acceptors (Lipinski definition) is 7. The van der Waals surface area contributed by atoms with E-state index < -0.39 is 0 Å². The van der Waals surface area contributed by atoms with E-state index in [1.54, 1.807) is 18.4 Å². The number of nitrogens with zero attached hydrogens (tertiary/aromatic N) is 5. The zero-order valence-electron chi connectivity index (χ0n) is 12.0. The fourth-order valence-electron chi connectivity index (χ4n) is 2.50. The number of morpholine rings is 1. The van der Waals surface area contributed by atoms with E-state index in [1.165, 1.54) is 4.88 Å². The van der Waals surface area contributed by atoms with Crippen molar-refractivity contribution in [2.24, 2.45) is 0 Å². The summed E-state index contributed by atoms with van der Waals surface area (Å²) in [6.07, 6.45) is 0. The van der Waals surface area contributed by atoms with Crippen LogP contribution in [0.25, 0.3) is 0 Å². The van der Waals surface area contributed by atoms with Crippen LogP contribution in [0, 0.1) is 0 Å². The minimum atomic E-state index is 0.0840. The van der Waals surface area contributed by atoms with E-state index in [0.717, 1.165) is 32.1 Å². The summed E-state index contributed by atoms with van der Waals surface area (Å²) in [7, 11) is 1.68. The molecule has 1 atom stereocenters. The van der Waals surface area contributed by atoms with Gasteiger partial charge in [0, 0.05) is 25.1 Å². The number of hydrogen-bond donors (Lipinski definition) is 0. The molecule has 1 saturated heterocycles. The number of methoxy groups -OCH3 is 1. The summed E-state index contributed by atoms with van der Waals surface area (Å²) in [5, 5.41) is 14.3. The molecule has 3 heterocycles. The largest absolute Gasteiger partial charge is 0.383 e. The molecule has 0 amide bonds. The number of rotatable bonds is 6. The Morgan fingerprint density at radius 2 is 2.29 bits per heavy atom. The molecule has 3 rings (SSSR count). The summed E-state index contributed by atoms with van der Waals surface area (Å²) < 4.78 is 12.4. The van der Waals surface area contributed by atoms with Crippen LogP contribution < -0.4 is 0 Å². The monoisotopic (exact) mass is 309 g/mol. The molecule has 1 aliphatic heterocycles. The van der Waals surface area contributed by atoms with Gasteiger partial charge in [0.05, 0.1) is 26.4 Å². The lowest BCUT2D eigenvalue weighted by atomic mass is 10.1. The van der Waals surface area contributed by atoms with Gasteiger partial charge in [0.25, 0.3) is 0 Å². The SMILES string of the molecule is COCCn1nnnc1C(c1cccs1)N1CCOCC1. The van der Waals surface area contributed by atoms with Crippen LogP contribution >= 0.6 is 11.3 Å². The highest BCUT2D eigenvalue weighted by atomic mass is 32.1. The lowest BCUT2D eigenvalue weighted by molar-refractivity contribution is 0.0220.